The van der Waals surface area contributed by atoms with Gasteiger partial charge in [0.1, 0.15) is 17.3 Å². The number of hydrogen-bond acceptors (Lipinski definition) is 2. The van der Waals surface area contributed by atoms with Crippen LogP contribution in [-0.2, 0) is 0 Å². The Morgan fingerprint density at radius 3 is 2.62 bits per heavy atom. The predicted octanol–water partition coefficient (Wildman–Crippen LogP) is 3.54. The van der Waals surface area contributed by atoms with Crippen LogP contribution in [0, 0.1) is 12.7 Å². The lowest BCUT2D eigenvalue weighted by atomic mass is 10.1. The molecule has 0 bridgehead atoms. The Labute approximate surface area is 101 Å². The first kappa shape index (κ1) is 11.4. The van der Waals surface area contributed by atoms with Gasteiger partial charge in [-0.1, -0.05) is 6.07 Å². The highest BCUT2D eigenvalue weighted by Gasteiger charge is 2.13. The number of nitrogens with two attached hydrogens (primary N) is 1. The van der Waals surface area contributed by atoms with Gasteiger partial charge in [0.05, 0.1) is 10.5 Å². The molecule has 2 aromatic rings. The molecule has 0 aliphatic heterocycles. The summed E-state index contributed by atoms with van der Waals surface area (Å²) in [4.78, 5) is 0. The van der Waals surface area contributed by atoms with Gasteiger partial charge < -0.3 is 10.2 Å². The number of aryl methyl sites for hydroxylation is 1. The van der Waals surface area contributed by atoms with Crippen molar-refractivity contribution in [3.63, 3.8) is 0 Å². The van der Waals surface area contributed by atoms with E-state index in [4.69, 9.17) is 10.2 Å². The maximum Gasteiger partial charge on any atom is 0.137 e. The first-order valence-electron chi connectivity index (χ1n) is 4.85. The van der Waals surface area contributed by atoms with E-state index in [2.05, 4.69) is 15.9 Å². The summed E-state index contributed by atoms with van der Waals surface area (Å²) in [7, 11) is 0. The number of benzene rings is 1. The molecule has 0 radical (unpaired) electrons. The highest BCUT2D eigenvalue weighted by Crippen LogP contribution is 2.24. The van der Waals surface area contributed by atoms with E-state index in [1.807, 2.05) is 13.0 Å². The van der Waals surface area contributed by atoms with Crippen molar-refractivity contribution in [3.05, 3.63) is 57.7 Å². The zero-order valence-electron chi connectivity index (χ0n) is 8.71. The molecule has 1 atom stereocenters. The second-order valence-corrected chi connectivity index (χ2v) is 4.45. The zero-order valence-corrected chi connectivity index (χ0v) is 10.3. The third kappa shape index (κ3) is 2.18. The fourth-order valence-corrected chi connectivity index (χ4v) is 1.74. The van der Waals surface area contributed by atoms with E-state index < -0.39 is 6.04 Å². The highest BCUT2D eigenvalue weighted by atomic mass is 79.9. The summed E-state index contributed by atoms with van der Waals surface area (Å²) in [5.74, 6) is 1.11. The first-order chi connectivity index (χ1) is 7.58. The lowest BCUT2D eigenvalue weighted by Crippen LogP contribution is -2.11. The lowest BCUT2D eigenvalue weighted by Gasteiger charge is -2.09. The van der Waals surface area contributed by atoms with E-state index >= 15 is 0 Å². The molecule has 2 N–H and O–H groups in total. The Hall–Kier alpha value is -1.13. The summed E-state index contributed by atoms with van der Waals surface area (Å²) in [6.45, 7) is 1.85. The zero-order chi connectivity index (χ0) is 11.7. The van der Waals surface area contributed by atoms with Crippen LogP contribution in [0.25, 0.3) is 0 Å². The molecule has 4 heteroatoms. The van der Waals surface area contributed by atoms with E-state index in [9.17, 15) is 4.39 Å². The minimum Gasteiger partial charge on any atom is -0.464 e. The monoisotopic (exact) mass is 283 g/mol. The van der Waals surface area contributed by atoms with Crippen molar-refractivity contribution in [1.82, 2.24) is 0 Å². The molecule has 0 saturated carbocycles. The van der Waals surface area contributed by atoms with Crippen molar-refractivity contribution in [2.75, 3.05) is 0 Å². The number of furan rings is 1. The second-order valence-electron chi connectivity index (χ2n) is 3.60. The van der Waals surface area contributed by atoms with E-state index in [1.165, 1.54) is 6.07 Å². The second kappa shape index (κ2) is 4.39. The van der Waals surface area contributed by atoms with Crippen LogP contribution >= 0.6 is 15.9 Å². The molecule has 0 fully saturated rings. The van der Waals surface area contributed by atoms with Crippen LogP contribution in [0.2, 0.25) is 0 Å². The fourth-order valence-electron chi connectivity index (χ4n) is 1.49. The predicted molar refractivity (Wildman–Crippen MR) is 63.6 cm³/mol. The normalized spacial score (nSPS) is 12.8. The molecule has 0 aliphatic rings. The van der Waals surface area contributed by atoms with Gasteiger partial charge in [-0.3, -0.25) is 0 Å². The van der Waals surface area contributed by atoms with Crippen molar-refractivity contribution < 1.29 is 8.81 Å². The molecule has 1 unspecified atom stereocenters. The lowest BCUT2D eigenvalue weighted by molar-refractivity contribution is 0.465. The number of halogens is 2. The third-order valence-electron chi connectivity index (χ3n) is 2.37. The van der Waals surface area contributed by atoms with Gasteiger partial charge in [-0.15, -0.1) is 0 Å². The van der Waals surface area contributed by atoms with Crippen molar-refractivity contribution in [1.29, 1.82) is 0 Å². The van der Waals surface area contributed by atoms with Crippen molar-refractivity contribution >= 4 is 15.9 Å². The summed E-state index contributed by atoms with van der Waals surface area (Å²) in [5.41, 5.74) is 6.66. The summed E-state index contributed by atoms with van der Waals surface area (Å²) in [6, 6.07) is 8.03. The standard InChI is InChI=1S/C12H11BrFNO/c1-7-2-5-11(16-7)12(15)8-3-4-9(13)10(14)6-8/h2-6,12H,15H2,1H3. The Kier molecular flexibility index (Phi) is 3.12. The molecule has 16 heavy (non-hydrogen) atoms. The summed E-state index contributed by atoms with van der Waals surface area (Å²) >= 11 is 3.10. The van der Waals surface area contributed by atoms with Crippen molar-refractivity contribution in [2.24, 2.45) is 5.73 Å². The first-order valence-corrected chi connectivity index (χ1v) is 5.64. The van der Waals surface area contributed by atoms with Gasteiger partial charge in [0.25, 0.3) is 0 Å². The van der Waals surface area contributed by atoms with Gasteiger partial charge in [0.2, 0.25) is 0 Å². The molecule has 2 nitrogen and oxygen atoms in total. The number of rotatable bonds is 2. The summed E-state index contributed by atoms with van der Waals surface area (Å²) < 4.78 is 19.2. The van der Waals surface area contributed by atoms with E-state index in [-0.39, 0.29) is 5.82 Å². The van der Waals surface area contributed by atoms with Gasteiger partial charge in [-0.25, -0.2) is 4.39 Å². The van der Waals surface area contributed by atoms with Gasteiger partial charge in [0.15, 0.2) is 0 Å². The smallest absolute Gasteiger partial charge is 0.137 e. The minimum absolute atomic E-state index is 0.323. The Morgan fingerprint density at radius 2 is 2.06 bits per heavy atom. The van der Waals surface area contributed by atoms with Crippen LogP contribution in [0.5, 0.6) is 0 Å². The van der Waals surface area contributed by atoms with E-state index in [0.717, 1.165) is 5.76 Å². The molecule has 1 aromatic heterocycles. The molecule has 84 valence electrons. The molecular weight excluding hydrogens is 273 g/mol. The maximum atomic E-state index is 13.3. The minimum atomic E-state index is -0.434. The van der Waals surface area contributed by atoms with E-state index in [0.29, 0.717) is 15.8 Å². The molecule has 0 aliphatic carbocycles. The Balaban J connectivity index is 2.33. The third-order valence-corrected chi connectivity index (χ3v) is 3.01. The molecule has 0 amide bonds. The summed E-state index contributed by atoms with van der Waals surface area (Å²) in [6.07, 6.45) is 0. The average molecular weight is 284 g/mol. The van der Waals surface area contributed by atoms with Crippen LogP contribution in [0.15, 0.2) is 39.2 Å². The average Bonchev–Trinajstić information content (AvgIpc) is 2.68. The van der Waals surface area contributed by atoms with Gasteiger partial charge >= 0.3 is 0 Å². The van der Waals surface area contributed by atoms with Crippen LogP contribution in [0.4, 0.5) is 4.39 Å². The highest BCUT2D eigenvalue weighted by molar-refractivity contribution is 9.10. The Morgan fingerprint density at radius 1 is 1.31 bits per heavy atom. The van der Waals surface area contributed by atoms with Crippen LogP contribution in [0.1, 0.15) is 23.1 Å². The van der Waals surface area contributed by atoms with E-state index in [1.54, 1.807) is 18.2 Å². The van der Waals surface area contributed by atoms with Gasteiger partial charge in [-0.2, -0.15) is 0 Å². The maximum absolute atomic E-state index is 13.3. The largest absolute Gasteiger partial charge is 0.464 e. The molecule has 1 heterocycles. The quantitative estimate of drug-likeness (QED) is 0.916. The van der Waals surface area contributed by atoms with Crippen LogP contribution in [0.3, 0.4) is 0 Å². The van der Waals surface area contributed by atoms with Crippen LogP contribution in [-0.4, -0.2) is 0 Å². The molecular formula is C12H11BrFNO. The van der Waals surface area contributed by atoms with Gasteiger partial charge in [0, 0.05) is 0 Å². The molecule has 0 saturated heterocycles. The molecule has 0 spiro atoms. The number of hydrogen-bond donors (Lipinski definition) is 1. The van der Waals surface area contributed by atoms with Gasteiger partial charge in [-0.05, 0) is 52.7 Å². The molecule has 1 aromatic carbocycles. The summed E-state index contributed by atoms with van der Waals surface area (Å²) in [5, 5.41) is 0. The van der Waals surface area contributed by atoms with Crippen molar-refractivity contribution in [3.8, 4) is 0 Å². The SMILES string of the molecule is Cc1ccc(C(N)c2ccc(Br)c(F)c2)o1. The molecule has 2 rings (SSSR count). The van der Waals surface area contributed by atoms with Crippen molar-refractivity contribution in [2.45, 2.75) is 13.0 Å². The van der Waals surface area contributed by atoms with Crippen LogP contribution < -0.4 is 5.73 Å². The topological polar surface area (TPSA) is 39.2 Å². The fraction of sp³-hybridized carbons (Fsp3) is 0.167. The Bertz CT molecular complexity index is 509.